The molecule has 228 valence electrons. The number of rotatable bonds is 6. The molecule has 2 aliphatic rings. The van der Waals surface area contributed by atoms with E-state index < -0.39 is 52.8 Å². The number of fused-ring (bicyclic) bond motifs is 2. The third-order valence-electron chi connectivity index (χ3n) is 7.13. The van der Waals surface area contributed by atoms with E-state index in [-0.39, 0.29) is 45.3 Å². The minimum Gasteiger partial charge on any atom is -0.457 e. The van der Waals surface area contributed by atoms with Gasteiger partial charge in [0, 0.05) is 0 Å². The summed E-state index contributed by atoms with van der Waals surface area (Å²) in [5.41, 5.74) is -7.04. The third-order valence-corrected chi connectivity index (χ3v) is 7.13. The van der Waals surface area contributed by atoms with Crippen LogP contribution in [0, 0.1) is 0 Å². The molecule has 2 aliphatic heterocycles. The van der Waals surface area contributed by atoms with Crippen LogP contribution >= 0.6 is 0 Å². The van der Waals surface area contributed by atoms with Crippen LogP contribution in [0.15, 0.2) is 84.9 Å². The predicted octanol–water partition coefficient (Wildman–Crippen LogP) is 7.30. The number of carbonyl (C=O) groups excluding carboxylic acids is 4. The van der Waals surface area contributed by atoms with Gasteiger partial charge in [-0.15, -0.1) is 0 Å². The average molecular weight is 628 g/mol. The molecule has 0 aromatic heterocycles. The van der Waals surface area contributed by atoms with Crippen molar-refractivity contribution in [2.24, 2.45) is 0 Å². The van der Waals surface area contributed by atoms with Crippen molar-refractivity contribution >= 4 is 23.9 Å². The number of benzene rings is 4. The van der Waals surface area contributed by atoms with Gasteiger partial charge in [0.15, 0.2) is 0 Å². The second-order valence-electron chi connectivity index (χ2n) is 9.77. The van der Waals surface area contributed by atoms with E-state index in [1.807, 2.05) is 0 Å². The Balaban J connectivity index is 1.31. The number of halogens is 6. The third kappa shape index (κ3) is 4.83. The molecule has 4 aromatic carbocycles. The Kier molecular flexibility index (Phi) is 6.68. The topological polar surface area (TPSA) is 105 Å². The van der Waals surface area contributed by atoms with E-state index in [0.29, 0.717) is 24.3 Å². The molecule has 0 aliphatic carbocycles. The lowest BCUT2D eigenvalue weighted by molar-refractivity contribution is -0.288. The van der Waals surface area contributed by atoms with E-state index >= 15 is 0 Å². The average Bonchev–Trinajstić information content (AvgIpc) is 3.41. The SMILES string of the molecule is O=C1OC(=O)c2cc(Oc3ccc(C(c4ccc(Oc5ccc6c(c5)C(=O)OC6=O)cc4)(C(F)(F)F)C(F)(F)F)cc3)ccc21. The summed E-state index contributed by atoms with van der Waals surface area (Å²) in [6.45, 7) is 0. The quantitative estimate of drug-likeness (QED) is 0.124. The first-order valence-corrected chi connectivity index (χ1v) is 12.7. The molecule has 0 unspecified atom stereocenters. The highest BCUT2D eigenvalue weighted by Crippen LogP contribution is 2.56. The molecular weight excluding hydrogens is 614 g/mol. The number of hydrogen-bond acceptors (Lipinski definition) is 8. The van der Waals surface area contributed by atoms with Crippen LogP contribution in [0.1, 0.15) is 52.6 Å². The van der Waals surface area contributed by atoms with Crippen molar-refractivity contribution in [1.82, 2.24) is 0 Å². The van der Waals surface area contributed by atoms with Gasteiger partial charge in [0.25, 0.3) is 0 Å². The van der Waals surface area contributed by atoms with Gasteiger partial charge in [-0.25, -0.2) is 19.2 Å². The second-order valence-corrected chi connectivity index (χ2v) is 9.77. The smallest absolute Gasteiger partial charge is 0.411 e. The maximum atomic E-state index is 14.6. The Hall–Kier alpha value is -5.66. The van der Waals surface area contributed by atoms with Crippen molar-refractivity contribution in [2.45, 2.75) is 17.8 Å². The molecule has 6 rings (SSSR count). The highest BCUT2D eigenvalue weighted by molar-refractivity contribution is 6.15. The molecule has 0 fully saturated rings. The van der Waals surface area contributed by atoms with Crippen LogP contribution < -0.4 is 9.47 Å². The molecule has 8 nitrogen and oxygen atoms in total. The van der Waals surface area contributed by atoms with Crippen molar-refractivity contribution < 1.29 is 64.5 Å². The largest absolute Gasteiger partial charge is 0.457 e. The summed E-state index contributed by atoms with van der Waals surface area (Å²) in [6.07, 6.45) is -11.7. The minimum atomic E-state index is -5.87. The van der Waals surface area contributed by atoms with E-state index in [1.165, 1.54) is 24.3 Å². The lowest BCUT2D eigenvalue weighted by atomic mass is 9.73. The Morgan fingerprint density at radius 1 is 0.422 bits per heavy atom. The predicted molar refractivity (Wildman–Crippen MR) is 138 cm³/mol. The van der Waals surface area contributed by atoms with Crippen LogP contribution in [-0.2, 0) is 14.9 Å². The fraction of sp³-hybridized carbons (Fsp3) is 0.0968. The molecular formula is C31H14F6O8. The van der Waals surface area contributed by atoms with Crippen LogP contribution in [0.4, 0.5) is 26.3 Å². The summed E-state index contributed by atoms with van der Waals surface area (Å²) in [5.74, 6) is -3.94. The number of alkyl halides is 6. The van der Waals surface area contributed by atoms with Crippen molar-refractivity contribution in [3.63, 3.8) is 0 Å². The Morgan fingerprint density at radius 3 is 1.07 bits per heavy atom. The second kappa shape index (κ2) is 10.2. The number of cyclic esters (lactones) is 4. The molecule has 0 saturated carbocycles. The van der Waals surface area contributed by atoms with Gasteiger partial charge in [-0.2, -0.15) is 26.3 Å². The van der Waals surface area contributed by atoms with Crippen molar-refractivity contribution in [1.29, 1.82) is 0 Å². The first-order valence-electron chi connectivity index (χ1n) is 12.7. The summed E-state index contributed by atoms with van der Waals surface area (Å²) in [6, 6.07) is 13.4. The molecule has 45 heavy (non-hydrogen) atoms. The summed E-state index contributed by atoms with van der Waals surface area (Å²) in [7, 11) is 0. The van der Waals surface area contributed by atoms with E-state index in [2.05, 4.69) is 9.47 Å². The molecule has 0 atom stereocenters. The van der Waals surface area contributed by atoms with Gasteiger partial charge in [-0.05, 0) is 71.8 Å². The first-order chi connectivity index (χ1) is 21.2. The molecule has 0 N–H and O–H groups in total. The highest BCUT2D eigenvalue weighted by Gasteiger charge is 2.72. The standard InChI is InChI=1S/C31H14F6O8/c32-30(33,34)29(31(35,36)37,15-1-5-17(6-2-15)42-19-9-11-21-23(13-19)27(40)44-25(21)38)16-3-7-18(8-4-16)43-20-10-12-22-24(14-20)28(41)45-26(22)39/h1-14H. The number of hydrogen-bond donors (Lipinski definition) is 0. The maximum absolute atomic E-state index is 14.6. The van der Waals surface area contributed by atoms with Crippen LogP contribution in [-0.4, -0.2) is 36.2 Å². The zero-order valence-electron chi connectivity index (χ0n) is 22.1. The van der Waals surface area contributed by atoms with E-state index in [9.17, 15) is 45.5 Å². The van der Waals surface area contributed by atoms with Crippen molar-refractivity contribution in [3.05, 3.63) is 118 Å². The fourth-order valence-corrected chi connectivity index (χ4v) is 5.06. The van der Waals surface area contributed by atoms with E-state index in [0.717, 1.165) is 36.4 Å². The van der Waals surface area contributed by atoms with Gasteiger partial charge in [-0.3, -0.25) is 0 Å². The van der Waals surface area contributed by atoms with Crippen molar-refractivity contribution in [3.8, 4) is 23.0 Å². The molecule has 0 spiro atoms. The van der Waals surface area contributed by atoms with E-state index in [4.69, 9.17) is 9.47 Å². The number of ether oxygens (including phenoxy) is 4. The van der Waals surface area contributed by atoms with Gasteiger partial charge in [0.1, 0.15) is 23.0 Å². The van der Waals surface area contributed by atoms with Crippen molar-refractivity contribution in [2.75, 3.05) is 0 Å². The van der Waals surface area contributed by atoms with Gasteiger partial charge < -0.3 is 18.9 Å². The number of carbonyl (C=O) groups is 4. The summed E-state index contributed by atoms with van der Waals surface area (Å²) in [5, 5.41) is 0. The fourth-order valence-electron chi connectivity index (χ4n) is 5.06. The van der Waals surface area contributed by atoms with Crippen LogP contribution in [0.3, 0.4) is 0 Å². The Morgan fingerprint density at radius 2 is 0.733 bits per heavy atom. The molecule has 0 bridgehead atoms. The maximum Gasteiger partial charge on any atom is 0.411 e. The van der Waals surface area contributed by atoms with Crippen LogP contribution in [0.25, 0.3) is 0 Å². The minimum absolute atomic E-state index is 0.0199. The molecule has 0 amide bonds. The summed E-state index contributed by atoms with van der Waals surface area (Å²) in [4.78, 5) is 46.8. The first kappa shape index (κ1) is 29.4. The zero-order chi connectivity index (χ0) is 32.3. The Bertz CT molecular complexity index is 1750. The molecule has 4 aromatic rings. The molecule has 0 radical (unpaired) electrons. The van der Waals surface area contributed by atoms with Crippen LogP contribution in [0.5, 0.6) is 23.0 Å². The molecule has 14 heteroatoms. The Labute approximate surface area is 247 Å². The summed E-state index contributed by atoms with van der Waals surface area (Å²) >= 11 is 0. The van der Waals surface area contributed by atoms with Gasteiger partial charge in [0.05, 0.1) is 22.3 Å². The molecule has 2 heterocycles. The lowest BCUT2D eigenvalue weighted by Gasteiger charge is -2.38. The highest BCUT2D eigenvalue weighted by atomic mass is 19.4. The number of esters is 4. The normalized spacial score (nSPS) is 14.5. The van der Waals surface area contributed by atoms with Crippen LogP contribution in [0.2, 0.25) is 0 Å². The summed E-state index contributed by atoms with van der Waals surface area (Å²) < 4.78 is 108. The monoisotopic (exact) mass is 628 g/mol. The van der Waals surface area contributed by atoms with E-state index in [1.54, 1.807) is 0 Å². The van der Waals surface area contributed by atoms with Gasteiger partial charge in [0.2, 0.25) is 5.41 Å². The van der Waals surface area contributed by atoms with Gasteiger partial charge in [-0.1, -0.05) is 24.3 Å². The molecule has 0 saturated heterocycles. The van der Waals surface area contributed by atoms with Gasteiger partial charge >= 0.3 is 36.2 Å². The zero-order valence-corrected chi connectivity index (χ0v) is 22.1. The lowest BCUT2D eigenvalue weighted by Crippen LogP contribution is -2.54.